The fourth-order valence-electron chi connectivity index (χ4n) is 1.68. The van der Waals surface area contributed by atoms with Crippen LogP contribution in [-0.4, -0.2) is 10.9 Å². The summed E-state index contributed by atoms with van der Waals surface area (Å²) in [5, 5.41) is 2.58. The largest absolute Gasteiger partial charge is 0.346 e. The van der Waals surface area contributed by atoms with Crippen LogP contribution in [0.1, 0.15) is 21.6 Å². The number of halogens is 3. The minimum atomic E-state index is -0.785. The topological polar surface area (TPSA) is 42.0 Å². The van der Waals surface area contributed by atoms with Gasteiger partial charge in [-0.3, -0.25) is 9.78 Å². The molecule has 0 unspecified atom stereocenters. The van der Waals surface area contributed by atoms with E-state index < -0.39 is 17.5 Å². The van der Waals surface area contributed by atoms with E-state index in [2.05, 4.69) is 26.2 Å². The smallest absolute Gasteiger partial charge is 0.251 e. The van der Waals surface area contributed by atoms with Crippen molar-refractivity contribution in [1.82, 2.24) is 10.3 Å². The van der Waals surface area contributed by atoms with Crippen molar-refractivity contribution >= 4 is 21.8 Å². The molecule has 0 aliphatic rings. The van der Waals surface area contributed by atoms with Gasteiger partial charge in [-0.15, -0.1) is 0 Å². The zero-order valence-corrected chi connectivity index (χ0v) is 12.2. The van der Waals surface area contributed by atoms with Gasteiger partial charge >= 0.3 is 0 Å². The van der Waals surface area contributed by atoms with E-state index in [1.165, 1.54) is 0 Å². The van der Waals surface area contributed by atoms with E-state index in [1.54, 1.807) is 12.3 Å². The van der Waals surface area contributed by atoms with Crippen LogP contribution < -0.4 is 5.32 Å². The third-order valence-electron chi connectivity index (χ3n) is 2.78. The van der Waals surface area contributed by atoms with E-state index in [1.807, 2.05) is 6.92 Å². The van der Waals surface area contributed by atoms with Crippen LogP contribution in [0.3, 0.4) is 0 Å². The summed E-state index contributed by atoms with van der Waals surface area (Å²) in [5.41, 5.74) is 1.53. The molecule has 0 atom stereocenters. The molecule has 0 spiro atoms. The fraction of sp³-hybridized carbons (Fsp3) is 0.143. The van der Waals surface area contributed by atoms with E-state index in [0.717, 1.165) is 28.2 Å². The number of amides is 1. The van der Waals surface area contributed by atoms with Crippen molar-refractivity contribution in [3.05, 3.63) is 63.4 Å². The maximum atomic E-state index is 13.0. The van der Waals surface area contributed by atoms with Crippen molar-refractivity contribution in [3.8, 4) is 0 Å². The lowest BCUT2D eigenvalue weighted by Crippen LogP contribution is -2.24. The number of hydrogen-bond acceptors (Lipinski definition) is 2. The molecule has 3 nitrogen and oxygen atoms in total. The minimum absolute atomic E-state index is 0.0600. The molecule has 1 heterocycles. The molecular formula is C14H11BrF2N2O. The van der Waals surface area contributed by atoms with Crippen molar-refractivity contribution in [2.45, 2.75) is 13.5 Å². The number of nitrogens with one attached hydrogen (secondary N) is 1. The first-order valence-corrected chi connectivity index (χ1v) is 6.61. The summed E-state index contributed by atoms with van der Waals surface area (Å²) in [6.07, 6.45) is 1.61. The van der Waals surface area contributed by atoms with Gasteiger partial charge in [0.25, 0.3) is 5.91 Å². The SMILES string of the molecule is Cc1c(Br)ccnc1CNC(=O)c1cc(F)cc(F)c1. The van der Waals surface area contributed by atoms with Crippen LogP contribution in [0, 0.1) is 18.6 Å². The lowest BCUT2D eigenvalue weighted by atomic mass is 10.2. The Balaban J connectivity index is 2.10. The first-order valence-electron chi connectivity index (χ1n) is 5.81. The summed E-state index contributed by atoms with van der Waals surface area (Å²) in [5.74, 6) is -2.12. The van der Waals surface area contributed by atoms with Crippen molar-refractivity contribution < 1.29 is 13.6 Å². The molecule has 0 fully saturated rings. The van der Waals surface area contributed by atoms with Crippen LogP contribution in [0.5, 0.6) is 0 Å². The first kappa shape index (κ1) is 14.6. The van der Waals surface area contributed by atoms with Crippen molar-refractivity contribution in [2.75, 3.05) is 0 Å². The number of nitrogens with zero attached hydrogens (tertiary/aromatic N) is 1. The monoisotopic (exact) mass is 340 g/mol. The molecule has 1 amide bonds. The Bertz CT molecular complexity index is 641. The summed E-state index contributed by atoms with van der Waals surface area (Å²) in [7, 11) is 0. The molecule has 20 heavy (non-hydrogen) atoms. The second-order valence-electron chi connectivity index (χ2n) is 4.21. The molecule has 2 aromatic rings. The minimum Gasteiger partial charge on any atom is -0.346 e. The zero-order chi connectivity index (χ0) is 14.7. The number of carbonyl (C=O) groups excluding carboxylic acids is 1. The highest BCUT2D eigenvalue weighted by molar-refractivity contribution is 9.10. The number of pyridine rings is 1. The van der Waals surface area contributed by atoms with E-state index >= 15 is 0 Å². The number of benzene rings is 1. The van der Waals surface area contributed by atoms with Crippen LogP contribution in [0.2, 0.25) is 0 Å². The molecular weight excluding hydrogens is 330 g/mol. The second kappa shape index (κ2) is 6.09. The number of rotatable bonds is 3. The van der Waals surface area contributed by atoms with Gasteiger partial charge in [-0.1, -0.05) is 15.9 Å². The van der Waals surface area contributed by atoms with Crippen molar-refractivity contribution in [1.29, 1.82) is 0 Å². The Hall–Kier alpha value is -1.82. The highest BCUT2D eigenvalue weighted by atomic mass is 79.9. The molecule has 0 bridgehead atoms. The maximum Gasteiger partial charge on any atom is 0.251 e. The molecule has 0 radical (unpaired) electrons. The number of carbonyl (C=O) groups is 1. The van der Waals surface area contributed by atoms with Crippen LogP contribution in [0.25, 0.3) is 0 Å². The fourth-order valence-corrected chi connectivity index (χ4v) is 2.03. The summed E-state index contributed by atoms with van der Waals surface area (Å²) in [6.45, 7) is 2.04. The molecule has 0 saturated carbocycles. The lowest BCUT2D eigenvalue weighted by molar-refractivity contribution is 0.0949. The molecule has 104 valence electrons. The summed E-state index contributed by atoms with van der Waals surface area (Å²) < 4.78 is 26.9. The van der Waals surface area contributed by atoms with Gasteiger partial charge in [0.2, 0.25) is 0 Å². The average molecular weight is 341 g/mol. The van der Waals surface area contributed by atoms with Gasteiger partial charge in [-0.05, 0) is 30.7 Å². The Kier molecular flexibility index (Phi) is 4.44. The number of hydrogen-bond donors (Lipinski definition) is 1. The average Bonchev–Trinajstić information content (AvgIpc) is 2.39. The molecule has 1 aromatic carbocycles. The van der Waals surface area contributed by atoms with Crippen molar-refractivity contribution in [2.24, 2.45) is 0 Å². The number of aromatic nitrogens is 1. The summed E-state index contributed by atoms with van der Waals surface area (Å²) >= 11 is 3.37. The Morgan fingerprint density at radius 2 is 1.95 bits per heavy atom. The van der Waals surface area contributed by atoms with Gasteiger partial charge in [0, 0.05) is 22.3 Å². The van der Waals surface area contributed by atoms with Gasteiger partial charge < -0.3 is 5.32 Å². The molecule has 6 heteroatoms. The van der Waals surface area contributed by atoms with Crippen LogP contribution >= 0.6 is 15.9 Å². The second-order valence-corrected chi connectivity index (χ2v) is 5.06. The van der Waals surface area contributed by atoms with Crippen LogP contribution in [0.4, 0.5) is 8.78 Å². The molecule has 0 saturated heterocycles. The first-order chi connectivity index (χ1) is 9.47. The van der Waals surface area contributed by atoms with Crippen LogP contribution in [0.15, 0.2) is 34.9 Å². The Morgan fingerprint density at radius 1 is 1.30 bits per heavy atom. The molecule has 1 aromatic heterocycles. The lowest BCUT2D eigenvalue weighted by Gasteiger charge is -2.08. The van der Waals surface area contributed by atoms with Gasteiger partial charge in [-0.25, -0.2) is 8.78 Å². The Labute approximate surface area is 123 Å². The maximum absolute atomic E-state index is 13.0. The normalized spacial score (nSPS) is 10.4. The van der Waals surface area contributed by atoms with Gasteiger partial charge in [0.1, 0.15) is 11.6 Å². The molecule has 0 aliphatic carbocycles. The Morgan fingerprint density at radius 3 is 2.60 bits per heavy atom. The molecule has 1 N–H and O–H groups in total. The van der Waals surface area contributed by atoms with E-state index in [0.29, 0.717) is 5.69 Å². The molecule has 0 aliphatic heterocycles. The van der Waals surface area contributed by atoms with E-state index in [-0.39, 0.29) is 12.1 Å². The van der Waals surface area contributed by atoms with Gasteiger partial charge in [0.05, 0.1) is 12.2 Å². The highest BCUT2D eigenvalue weighted by Crippen LogP contribution is 2.17. The predicted molar refractivity (Wildman–Crippen MR) is 74.2 cm³/mol. The zero-order valence-electron chi connectivity index (χ0n) is 10.6. The summed E-state index contributed by atoms with van der Waals surface area (Å²) in [6, 6.07) is 4.48. The third kappa shape index (κ3) is 3.39. The van der Waals surface area contributed by atoms with E-state index in [4.69, 9.17) is 0 Å². The summed E-state index contributed by atoms with van der Waals surface area (Å²) in [4.78, 5) is 16.0. The van der Waals surface area contributed by atoms with Gasteiger partial charge in [0.15, 0.2) is 0 Å². The standard InChI is InChI=1S/C14H11BrF2N2O/c1-8-12(15)2-3-18-13(8)7-19-14(20)9-4-10(16)6-11(17)5-9/h2-6H,7H2,1H3,(H,19,20). The van der Waals surface area contributed by atoms with E-state index in [9.17, 15) is 13.6 Å². The third-order valence-corrected chi connectivity index (χ3v) is 3.64. The predicted octanol–water partition coefficient (Wildman–Crippen LogP) is 3.36. The molecule has 2 rings (SSSR count). The van der Waals surface area contributed by atoms with Crippen LogP contribution in [-0.2, 0) is 6.54 Å². The quantitative estimate of drug-likeness (QED) is 0.930. The highest BCUT2D eigenvalue weighted by Gasteiger charge is 2.10. The van der Waals surface area contributed by atoms with Crippen molar-refractivity contribution in [3.63, 3.8) is 0 Å². The van der Waals surface area contributed by atoms with Gasteiger partial charge in [-0.2, -0.15) is 0 Å².